The minimum Gasteiger partial charge on any atom is -0.331 e. The number of rotatable bonds is 4. The Morgan fingerprint density at radius 3 is 2.46 bits per heavy atom. The summed E-state index contributed by atoms with van der Waals surface area (Å²) in [5.41, 5.74) is 1.61. The van der Waals surface area contributed by atoms with Crippen LogP contribution in [0.2, 0.25) is 5.02 Å². The lowest BCUT2D eigenvalue weighted by molar-refractivity contribution is -0.917. The Hall–Kier alpha value is -1.91. The minimum absolute atomic E-state index is 0.0273. The molecule has 3 nitrogen and oxygen atoms in total. The van der Waals surface area contributed by atoms with E-state index < -0.39 is 5.82 Å². The van der Waals surface area contributed by atoms with Gasteiger partial charge in [0, 0.05) is 16.1 Å². The van der Waals surface area contributed by atoms with E-state index in [4.69, 9.17) is 11.6 Å². The van der Waals surface area contributed by atoms with Crippen LogP contribution in [-0.4, -0.2) is 37.0 Å². The number of benzene rings is 2. The molecule has 1 fully saturated rings. The molecule has 0 aromatic heterocycles. The van der Waals surface area contributed by atoms with Crippen molar-refractivity contribution >= 4 is 17.5 Å². The van der Waals surface area contributed by atoms with Crippen molar-refractivity contribution in [3.63, 3.8) is 0 Å². The average molecular weight is 348 g/mol. The third kappa shape index (κ3) is 4.13. The van der Waals surface area contributed by atoms with Gasteiger partial charge in [-0.2, -0.15) is 0 Å². The maximum atomic E-state index is 13.8. The van der Waals surface area contributed by atoms with Gasteiger partial charge in [0.15, 0.2) is 0 Å². The summed E-state index contributed by atoms with van der Waals surface area (Å²) in [5.74, 6) is -0.468. The number of nitrogens with one attached hydrogen (secondary N) is 1. The summed E-state index contributed by atoms with van der Waals surface area (Å²) in [6, 6.07) is 14.9. The second-order valence-electron chi connectivity index (χ2n) is 6.17. The second-order valence-corrected chi connectivity index (χ2v) is 6.58. The van der Waals surface area contributed by atoms with E-state index in [1.165, 1.54) is 16.5 Å². The fraction of sp³-hybridized carbons (Fsp3) is 0.316. The molecule has 1 amide bonds. The number of piperazine rings is 1. The molecule has 2 aromatic carbocycles. The Morgan fingerprint density at radius 1 is 1.08 bits per heavy atom. The molecule has 0 saturated carbocycles. The predicted octanol–water partition coefficient (Wildman–Crippen LogP) is 1.95. The number of carbonyl (C=O) groups is 1. The van der Waals surface area contributed by atoms with Crippen molar-refractivity contribution in [3.8, 4) is 0 Å². The van der Waals surface area contributed by atoms with Gasteiger partial charge < -0.3 is 9.80 Å². The lowest BCUT2D eigenvalue weighted by Gasteiger charge is -2.32. The van der Waals surface area contributed by atoms with E-state index in [1.807, 2.05) is 23.1 Å². The van der Waals surface area contributed by atoms with Crippen molar-refractivity contribution in [2.45, 2.75) is 13.0 Å². The van der Waals surface area contributed by atoms with Crippen molar-refractivity contribution in [1.29, 1.82) is 0 Å². The maximum absolute atomic E-state index is 13.8. The van der Waals surface area contributed by atoms with Gasteiger partial charge in [-0.05, 0) is 12.1 Å². The Bertz CT molecular complexity index is 680. The minimum atomic E-state index is -0.413. The zero-order valence-corrected chi connectivity index (χ0v) is 14.2. The van der Waals surface area contributed by atoms with Gasteiger partial charge in [0.05, 0.1) is 32.6 Å². The van der Waals surface area contributed by atoms with Gasteiger partial charge in [-0.3, -0.25) is 4.79 Å². The van der Waals surface area contributed by atoms with Gasteiger partial charge in [-0.15, -0.1) is 0 Å². The predicted molar refractivity (Wildman–Crippen MR) is 92.5 cm³/mol. The van der Waals surface area contributed by atoms with E-state index in [0.29, 0.717) is 23.7 Å². The summed E-state index contributed by atoms with van der Waals surface area (Å²) in [5, 5.41) is 0.316. The molecule has 1 aliphatic heterocycles. The standard InChI is InChI=1S/C19H20ClFN2O/c20-17-7-4-8-18(21)16(17)13-19(24)23-11-9-22(10-12-23)14-15-5-2-1-3-6-15/h1-8H,9-14H2/p+1. The van der Waals surface area contributed by atoms with Crippen LogP contribution >= 0.6 is 11.6 Å². The number of halogens is 2. The first-order chi connectivity index (χ1) is 11.6. The molecular formula is C19H21ClFN2O+. The normalized spacial score (nSPS) is 15.5. The molecule has 0 aliphatic carbocycles. The fourth-order valence-electron chi connectivity index (χ4n) is 3.10. The zero-order chi connectivity index (χ0) is 16.9. The van der Waals surface area contributed by atoms with Crippen LogP contribution in [0.25, 0.3) is 0 Å². The average Bonchev–Trinajstić information content (AvgIpc) is 2.60. The smallest absolute Gasteiger partial charge is 0.227 e. The Balaban J connectivity index is 1.54. The Labute approximate surface area is 146 Å². The number of quaternary nitrogens is 1. The van der Waals surface area contributed by atoms with Crippen LogP contribution < -0.4 is 4.90 Å². The topological polar surface area (TPSA) is 24.8 Å². The molecule has 2 aromatic rings. The van der Waals surface area contributed by atoms with Crippen LogP contribution in [0.5, 0.6) is 0 Å². The molecule has 1 heterocycles. The van der Waals surface area contributed by atoms with Gasteiger partial charge in [0.1, 0.15) is 12.4 Å². The van der Waals surface area contributed by atoms with Crippen LogP contribution in [0.3, 0.4) is 0 Å². The molecule has 126 valence electrons. The molecule has 0 spiro atoms. The third-order valence-electron chi connectivity index (χ3n) is 4.51. The van der Waals surface area contributed by atoms with Gasteiger partial charge in [0.25, 0.3) is 0 Å². The van der Waals surface area contributed by atoms with Crippen molar-refractivity contribution in [2.75, 3.05) is 26.2 Å². The largest absolute Gasteiger partial charge is 0.331 e. The van der Waals surface area contributed by atoms with E-state index >= 15 is 0 Å². The van der Waals surface area contributed by atoms with Crippen LogP contribution in [-0.2, 0) is 17.8 Å². The van der Waals surface area contributed by atoms with Crippen LogP contribution in [0.4, 0.5) is 4.39 Å². The summed E-state index contributed by atoms with van der Waals surface area (Å²) in [7, 11) is 0. The first-order valence-electron chi connectivity index (χ1n) is 8.21. The maximum Gasteiger partial charge on any atom is 0.227 e. The number of nitrogens with zero attached hydrogens (tertiary/aromatic N) is 1. The molecule has 0 bridgehead atoms. The van der Waals surface area contributed by atoms with Crippen LogP contribution in [0.15, 0.2) is 48.5 Å². The van der Waals surface area contributed by atoms with Crippen LogP contribution in [0.1, 0.15) is 11.1 Å². The lowest BCUT2D eigenvalue weighted by Crippen LogP contribution is -3.13. The fourth-order valence-corrected chi connectivity index (χ4v) is 3.33. The molecular weight excluding hydrogens is 327 g/mol. The van der Waals surface area contributed by atoms with E-state index in [-0.39, 0.29) is 12.3 Å². The highest BCUT2D eigenvalue weighted by Crippen LogP contribution is 2.20. The Kier molecular flexibility index (Phi) is 5.48. The molecule has 5 heteroatoms. The summed E-state index contributed by atoms with van der Waals surface area (Å²) < 4.78 is 13.8. The first kappa shape index (κ1) is 16.9. The first-order valence-corrected chi connectivity index (χ1v) is 8.59. The number of hydrogen-bond acceptors (Lipinski definition) is 1. The SMILES string of the molecule is O=C(Cc1c(F)cccc1Cl)N1CC[NH+](Cc2ccccc2)CC1. The van der Waals surface area contributed by atoms with Crippen molar-refractivity contribution in [3.05, 3.63) is 70.5 Å². The summed E-state index contributed by atoms with van der Waals surface area (Å²) in [4.78, 5) is 15.7. The third-order valence-corrected chi connectivity index (χ3v) is 4.86. The molecule has 0 radical (unpaired) electrons. The molecule has 1 aliphatic rings. The highest BCUT2D eigenvalue weighted by atomic mass is 35.5. The quantitative estimate of drug-likeness (QED) is 0.898. The van der Waals surface area contributed by atoms with Crippen molar-refractivity contribution < 1.29 is 14.1 Å². The highest BCUT2D eigenvalue weighted by Gasteiger charge is 2.24. The molecule has 24 heavy (non-hydrogen) atoms. The molecule has 1 saturated heterocycles. The van der Waals surface area contributed by atoms with E-state index in [0.717, 1.165) is 19.6 Å². The van der Waals surface area contributed by atoms with Crippen LogP contribution in [0, 0.1) is 5.82 Å². The van der Waals surface area contributed by atoms with Crippen molar-refractivity contribution in [1.82, 2.24) is 4.90 Å². The van der Waals surface area contributed by atoms with E-state index in [1.54, 1.807) is 12.1 Å². The summed E-state index contributed by atoms with van der Waals surface area (Å²) >= 11 is 6.01. The Morgan fingerprint density at radius 2 is 1.79 bits per heavy atom. The molecule has 0 unspecified atom stereocenters. The monoisotopic (exact) mass is 347 g/mol. The van der Waals surface area contributed by atoms with Crippen molar-refractivity contribution in [2.24, 2.45) is 0 Å². The highest BCUT2D eigenvalue weighted by molar-refractivity contribution is 6.31. The van der Waals surface area contributed by atoms with Gasteiger partial charge in [-0.25, -0.2) is 4.39 Å². The van der Waals surface area contributed by atoms with E-state index in [2.05, 4.69) is 12.1 Å². The molecule has 3 rings (SSSR count). The number of carbonyl (C=O) groups excluding carboxylic acids is 1. The number of hydrogen-bond donors (Lipinski definition) is 1. The second kappa shape index (κ2) is 7.77. The summed E-state index contributed by atoms with van der Waals surface area (Å²) in [6.07, 6.45) is 0.0273. The molecule has 1 N–H and O–H groups in total. The van der Waals surface area contributed by atoms with Gasteiger partial charge in [-0.1, -0.05) is 48.0 Å². The lowest BCUT2D eigenvalue weighted by atomic mass is 10.1. The molecule has 0 atom stereocenters. The van der Waals surface area contributed by atoms with Gasteiger partial charge >= 0.3 is 0 Å². The summed E-state index contributed by atoms with van der Waals surface area (Å²) in [6.45, 7) is 4.19. The number of amides is 1. The van der Waals surface area contributed by atoms with E-state index in [9.17, 15) is 9.18 Å². The zero-order valence-electron chi connectivity index (χ0n) is 13.5. The van der Waals surface area contributed by atoms with Gasteiger partial charge in [0.2, 0.25) is 5.91 Å².